The van der Waals surface area contributed by atoms with Gasteiger partial charge in [0, 0.05) is 10.5 Å². The summed E-state index contributed by atoms with van der Waals surface area (Å²) in [6, 6.07) is 5.21. The molecule has 1 aliphatic rings. The van der Waals surface area contributed by atoms with E-state index in [9.17, 15) is 8.42 Å². The second-order valence-corrected chi connectivity index (χ2v) is 8.31. The lowest BCUT2D eigenvalue weighted by atomic mass is 9.94. The van der Waals surface area contributed by atoms with Crippen LogP contribution in [0.4, 0.5) is 0 Å². The average Bonchev–Trinajstić information content (AvgIpc) is 2.73. The first-order valence-electron chi connectivity index (χ1n) is 7.13. The monoisotopic (exact) mass is 359 g/mol. The van der Waals surface area contributed by atoms with Crippen molar-refractivity contribution in [3.63, 3.8) is 0 Å². The quantitative estimate of drug-likeness (QED) is 0.886. The molecule has 0 bridgehead atoms. The first-order chi connectivity index (χ1) is 9.35. The molecule has 1 N–H and O–H groups in total. The lowest BCUT2D eigenvalue weighted by Gasteiger charge is -2.21. The summed E-state index contributed by atoms with van der Waals surface area (Å²) in [6.45, 7) is 6.23. The van der Waals surface area contributed by atoms with Crippen molar-refractivity contribution in [1.29, 1.82) is 0 Å². The van der Waals surface area contributed by atoms with Crippen molar-refractivity contribution in [2.24, 2.45) is 11.8 Å². The molecule has 0 amide bonds. The van der Waals surface area contributed by atoms with Crippen molar-refractivity contribution in [2.45, 2.75) is 51.0 Å². The van der Waals surface area contributed by atoms with Crippen molar-refractivity contribution in [2.75, 3.05) is 0 Å². The maximum atomic E-state index is 12.5. The highest BCUT2D eigenvalue weighted by molar-refractivity contribution is 9.10. The summed E-state index contributed by atoms with van der Waals surface area (Å²) < 4.78 is 28.7. The molecule has 0 heterocycles. The van der Waals surface area contributed by atoms with Crippen LogP contribution in [0.1, 0.15) is 38.7 Å². The standard InChI is InChI=1S/C15H22BrNO2S/c1-4-12-5-8-15(11(12)3)17-20(18,19)13-6-7-14(16)10(2)9-13/h6-7,9,11-12,15,17H,4-5,8H2,1-3H3. The fourth-order valence-electron chi connectivity index (χ4n) is 3.04. The lowest BCUT2D eigenvalue weighted by Crippen LogP contribution is -2.37. The van der Waals surface area contributed by atoms with Crippen molar-refractivity contribution in [3.8, 4) is 0 Å². The molecule has 0 aliphatic heterocycles. The third kappa shape index (κ3) is 3.26. The highest BCUT2D eigenvalue weighted by Crippen LogP contribution is 2.34. The first-order valence-corrected chi connectivity index (χ1v) is 9.41. The Morgan fingerprint density at radius 3 is 2.60 bits per heavy atom. The van der Waals surface area contributed by atoms with E-state index < -0.39 is 10.0 Å². The number of hydrogen-bond acceptors (Lipinski definition) is 2. The molecule has 0 aromatic heterocycles. The van der Waals surface area contributed by atoms with Gasteiger partial charge in [-0.1, -0.05) is 36.2 Å². The summed E-state index contributed by atoms with van der Waals surface area (Å²) in [5.41, 5.74) is 0.929. The number of benzene rings is 1. The summed E-state index contributed by atoms with van der Waals surface area (Å²) in [5.74, 6) is 1.04. The Labute approximate surface area is 130 Å². The predicted octanol–water partition coefficient (Wildman–Crippen LogP) is 3.86. The summed E-state index contributed by atoms with van der Waals surface area (Å²) in [4.78, 5) is 0.352. The van der Waals surface area contributed by atoms with E-state index in [4.69, 9.17) is 0 Å². The molecule has 3 nitrogen and oxygen atoms in total. The van der Waals surface area contributed by atoms with E-state index in [1.54, 1.807) is 18.2 Å². The fourth-order valence-corrected chi connectivity index (χ4v) is 4.73. The Balaban J connectivity index is 2.17. The Bertz CT molecular complexity index is 586. The molecule has 112 valence electrons. The van der Waals surface area contributed by atoms with Gasteiger partial charge in [0.1, 0.15) is 0 Å². The zero-order chi connectivity index (χ0) is 14.9. The SMILES string of the molecule is CCC1CCC(NS(=O)(=O)c2ccc(Br)c(C)c2)C1C. The van der Waals surface area contributed by atoms with Crippen molar-refractivity contribution >= 4 is 26.0 Å². The van der Waals surface area contributed by atoms with Crippen LogP contribution in [0.3, 0.4) is 0 Å². The lowest BCUT2D eigenvalue weighted by molar-refractivity contribution is 0.368. The molecule has 1 fully saturated rings. The second-order valence-electron chi connectivity index (χ2n) is 5.74. The van der Waals surface area contributed by atoms with Gasteiger partial charge in [-0.15, -0.1) is 0 Å². The van der Waals surface area contributed by atoms with Crippen LogP contribution in [0, 0.1) is 18.8 Å². The van der Waals surface area contributed by atoms with Crippen LogP contribution in [0.15, 0.2) is 27.6 Å². The summed E-state index contributed by atoms with van der Waals surface area (Å²) in [6.07, 6.45) is 3.18. The van der Waals surface area contributed by atoms with Crippen LogP contribution in [-0.2, 0) is 10.0 Å². The van der Waals surface area contributed by atoms with E-state index in [0.717, 1.165) is 29.3 Å². The van der Waals surface area contributed by atoms with Crippen molar-refractivity contribution < 1.29 is 8.42 Å². The highest BCUT2D eigenvalue weighted by atomic mass is 79.9. The molecule has 3 atom stereocenters. The molecule has 20 heavy (non-hydrogen) atoms. The van der Waals surface area contributed by atoms with Crippen molar-refractivity contribution in [1.82, 2.24) is 4.72 Å². The van der Waals surface area contributed by atoms with E-state index >= 15 is 0 Å². The number of hydrogen-bond donors (Lipinski definition) is 1. The maximum absolute atomic E-state index is 12.5. The topological polar surface area (TPSA) is 46.2 Å². The molecular formula is C15H22BrNO2S. The molecule has 3 unspecified atom stereocenters. The van der Waals surface area contributed by atoms with Gasteiger partial charge in [0.25, 0.3) is 0 Å². The van der Waals surface area contributed by atoms with Crippen LogP contribution < -0.4 is 4.72 Å². The Morgan fingerprint density at radius 2 is 2.05 bits per heavy atom. The minimum Gasteiger partial charge on any atom is -0.208 e. The van der Waals surface area contributed by atoms with Gasteiger partial charge in [0.2, 0.25) is 10.0 Å². The number of sulfonamides is 1. The smallest absolute Gasteiger partial charge is 0.208 e. The summed E-state index contributed by atoms with van der Waals surface area (Å²) >= 11 is 3.40. The van der Waals surface area contributed by atoms with Crippen LogP contribution >= 0.6 is 15.9 Å². The summed E-state index contributed by atoms with van der Waals surface area (Å²) in [5, 5.41) is 0. The Morgan fingerprint density at radius 1 is 1.35 bits per heavy atom. The zero-order valence-corrected chi connectivity index (χ0v) is 14.6. The largest absolute Gasteiger partial charge is 0.240 e. The third-order valence-electron chi connectivity index (χ3n) is 4.50. The van der Waals surface area contributed by atoms with Gasteiger partial charge in [0.05, 0.1) is 4.90 Å². The Kier molecular flexibility index (Phi) is 4.92. The normalized spacial score (nSPS) is 26.9. The number of nitrogens with one attached hydrogen (secondary N) is 1. The van der Waals surface area contributed by atoms with Gasteiger partial charge in [-0.05, 0) is 55.4 Å². The van der Waals surface area contributed by atoms with Crippen LogP contribution in [0.5, 0.6) is 0 Å². The molecule has 0 saturated heterocycles. The van der Waals surface area contributed by atoms with E-state index in [1.165, 1.54) is 0 Å². The molecule has 0 radical (unpaired) electrons. The number of aryl methyl sites for hydroxylation is 1. The molecule has 1 aromatic rings. The molecule has 2 rings (SSSR count). The van der Waals surface area contributed by atoms with Gasteiger partial charge < -0.3 is 0 Å². The van der Waals surface area contributed by atoms with Crippen molar-refractivity contribution in [3.05, 3.63) is 28.2 Å². The van der Waals surface area contributed by atoms with Gasteiger partial charge in [-0.2, -0.15) is 0 Å². The molecule has 1 aliphatic carbocycles. The van der Waals surface area contributed by atoms with Gasteiger partial charge in [0.15, 0.2) is 0 Å². The molecule has 1 saturated carbocycles. The molecule has 1 aromatic carbocycles. The van der Waals surface area contributed by atoms with Gasteiger partial charge >= 0.3 is 0 Å². The predicted molar refractivity (Wildman–Crippen MR) is 85.2 cm³/mol. The average molecular weight is 360 g/mol. The van der Waals surface area contributed by atoms with Crippen LogP contribution in [0.25, 0.3) is 0 Å². The third-order valence-corrected chi connectivity index (χ3v) is 6.87. The summed E-state index contributed by atoms with van der Waals surface area (Å²) in [7, 11) is -3.42. The van der Waals surface area contributed by atoms with Crippen LogP contribution in [-0.4, -0.2) is 14.5 Å². The molecule has 5 heteroatoms. The van der Waals surface area contributed by atoms with Gasteiger partial charge in [-0.25, -0.2) is 13.1 Å². The van der Waals surface area contributed by atoms with E-state index in [-0.39, 0.29) is 6.04 Å². The first kappa shape index (κ1) is 16.0. The number of halogens is 1. The van der Waals surface area contributed by atoms with E-state index in [1.807, 2.05) is 6.92 Å². The Hall–Kier alpha value is -0.390. The zero-order valence-electron chi connectivity index (χ0n) is 12.2. The van der Waals surface area contributed by atoms with E-state index in [0.29, 0.717) is 16.7 Å². The maximum Gasteiger partial charge on any atom is 0.240 e. The minimum atomic E-state index is -3.42. The highest BCUT2D eigenvalue weighted by Gasteiger charge is 2.34. The number of rotatable bonds is 4. The van der Waals surface area contributed by atoms with Crippen LogP contribution in [0.2, 0.25) is 0 Å². The molecule has 0 spiro atoms. The second kappa shape index (κ2) is 6.16. The van der Waals surface area contributed by atoms with E-state index in [2.05, 4.69) is 34.5 Å². The molecular weight excluding hydrogens is 338 g/mol. The fraction of sp³-hybridized carbons (Fsp3) is 0.600. The minimum absolute atomic E-state index is 0.0638. The van der Waals surface area contributed by atoms with Gasteiger partial charge in [-0.3, -0.25) is 0 Å².